The Morgan fingerprint density at radius 3 is 2.61 bits per heavy atom. The molecule has 0 unspecified atom stereocenters. The highest BCUT2D eigenvalue weighted by molar-refractivity contribution is 5.96. The molecule has 6 nitrogen and oxygen atoms in total. The molecule has 0 radical (unpaired) electrons. The molecule has 0 saturated carbocycles. The topological polar surface area (TPSA) is 61.9 Å². The van der Waals surface area contributed by atoms with Crippen LogP contribution in [0.5, 0.6) is 0 Å². The number of carbonyl (C=O) groups is 2. The predicted molar refractivity (Wildman–Crippen MR) is 123 cm³/mol. The van der Waals surface area contributed by atoms with Gasteiger partial charge < -0.3 is 10.1 Å². The maximum Gasteiger partial charge on any atom is 0.337 e. The number of carbonyl (C=O) groups excluding carboxylic acids is 2. The second-order valence-electron chi connectivity index (χ2n) is 8.54. The minimum Gasteiger partial charge on any atom is -0.465 e. The van der Waals surface area contributed by atoms with Gasteiger partial charge in [0, 0.05) is 24.8 Å². The van der Waals surface area contributed by atoms with Crippen LogP contribution in [0.15, 0.2) is 48.5 Å². The van der Waals surface area contributed by atoms with Crippen molar-refractivity contribution < 1.29 is 14.3 Å². The van der Waals surface area contributed by atoms with Crippen LogP contribution in [0.3, 0.4) is 0 Å². The lowest BCUT2D eigenvalue weighted by molar-refractivity contribution is -0.118. The van der Waals surface area contributed by atoms with Crippen LogP contribution in [0.4, 0.5) is 5.69 Å². The summed E-state index contributed by atoms with van der Waals surface area (Å²) in [6, 6.07) is 16.1. The second kappa shape index (κ2) is 10.6. The van der Waals surface area contributed by atoms with E-state index in [2.05, 4.69) is 46.3 Å². The van der Waals surface area contributed by atoms with Gasteiger partial charge in [-0.3, -0.25) is 14.6 Å². The number of esters is 1. The Kier molecular flexibility index (Phi) is 7.82. The van der Waals surface area contributed by atoms with Crippen LogP contribution in [0.1, 0.15) is 34.8 Å². The number of hydrogen-bond acceptors (Lipinski definition) is 5. The van der Waals surface area contributed by atoms with Gasteiger partial charge in [0.1, 0.15) is 0 Å². The average Bonchev–Trinajstić information content (AvgIpc) is 2.75. The van der Waals surface area contributed by atoms with Gasteiger partial charge in [-0.2, -0.15) is 0 Å². The van der Waals surface area contributed by atoms with Crippen LogP contribution in [-0.4, -0.2) is 61.5 Å². The van der Waals surface area contributed by atoms with Crippen molar-refractivity contribution >= 4 is 17.6 Å². The van der Waals surface area contributed by atoms with Gasteiger partial charge in [0.25, 0.3) is 0 Å². The molecule has 1 aliphatic heterocycles. The molecule has 0 spiro atoms. The summed E-state index contributed by atoms with van der Waals surface area (Å²) in [5.41, 5.74) is 3.32. The standard InChI is InChI=1S/C25H33N3O3/c1-18-10-11-21(25(30)31-4)14-22(18)26-24(29)17-27(3)23-12-13-28(15-19(23)2)16-20-8-6-5-7-9-20/h5-11,14,19,23H,12-13,15-17H2,1-4H3,(H,26,29)/t19-,23+/m0/s1. The lowest BCUT2D eigenvalue weighted by atomic mass is 9.92. The Labute approximate surface area is 185 Å². The third-order valence-electron chi connectivity index (χ3n) is 6.09. The first-order valence-electron chi connectivity index (χ1n) is 10.8. The van der Waals surface area contributed by atoms with E-state index in [1.54, 1.807) is 12.1 Å². The predicted octanol–water partition coefficient (Wildman–Crippen LogP) is 3.56. The number of rotatable bonds is 7. The van der Waals surface area contributed by atoms with Crippen molar-refractivity contribution in [2.75, 3.05) is 39.1 Å². The Balaban J connectivity index is 1.54. The molecule has 1 aliphatic rings. The van der Waals surface area contributed by atoms with Gasteiger partial charge in [0.15, 0.2) is 0 Å². The molecule has 1 saturated heterocycles. The smallest absolute Gasteiger partial charge is 0.337 e. The second-order valence-corrected chi connectivity index (χ2v) is 8.54. The number of amides is 1. The molecule has 1 N–H and O–H groups in total. The number of methoxy groups -OCH3 is 1. The molecule has 1 amide bonds. The summed E-state index contributed by atoms with van der Waals surface area (Å²) in [6.45, 7) is 7.50. The fourth-order valence-corrected chi connectivity index (χ4v) is 4.39. The van der Waals surface area contributed by atoms with E-state index in [1.807, 2.05) is 26.1 Å². The van der Waals surface area contributed by atoms with E-state index in [0.717, 1.165) is 31.6 Å². The quantitative estimate of drug-likeness (QED) is 0.690. The lowest BCUT2D eigenvalue weighted by Crippen LogP contribution is -2.50. The Morgan fingerprint density at radius 2 is 1.94 bits per heavy atom. The van der Waals surface area contributed by atoms with Gasteiger partial charge in [0.2, 0.25) is 5.91 Å². The number of likely N-dealkylation sites (tertiary alicyclic amines) is 1. The maximum absolute atomic E-state index is 12.7. The van der Waals surface area contributed by atoms with E-state index >= 15 is 0 Å². The molecule has 2 aromatic carbocycles. The normalized spacial score (nSPS) is 19.3. The first-order valence-corrected chi connectivity index (χ1v) is 10.8. The Hall–Kier alpha value is -2.70. The third-order valence-corrected chi connectivity index (χ3v) is 6.09. The van der Waals surface area contributed by atoms with E-state index < -0.39 is 5.97 Å². The summed E-state index contributed by atoms with van der Waals surface area (Å²) in [4.78, 5) is 29.1. The van der Waals surface area contributed by atoms with Gasteiger partial charge in [-0.25, -0.2) is 4.79 Å². The van der Waals surface area contributed by atoms with E-state index in [-0.39, 0.29) is 5.91 Å². The lowest BCUT2D eigenvalue weighted by Gasteiger charge is -2.41. The molecular formula is C25H33N3O3. The molecule has 6 heteroatoms. The highest BCUT2D eigenvalue weighted by Gasteiger charge is 2.29. The van der Waals surface area contributed by atoms with Crippen LogP contribution in [0.2, 0.25) is 0 Å². The maximum atomic E-state index is 12.7. The Bertz CT molecular complexity index is 900. The SMILES string of the molecule is COC(=O)c1ccc(C)c(NC(=O)CN(C)[C@@H]2CCN(Cc3ccccc3)C[C@@H]2C)c1. The highest BCUT2D eigenvalue weighted by atomic mass is 16.5. The van der Waals surface area contributed by atoms with E-state index in [4.69, 9.17) is 4.74 Å². The fraction of sp³-hybridized carbons (Fsp3) is 0.440. The number of ether oxygens (including phenoxy) is 1. The number of nitrogens with one attached hydrogen (secondary N) is 1. The number of anilines is 1. The van der Waals surface area contributed by atoms with Crippen LogP contribution in [-0.2, 0) is 16.1 Å². The first kappa shape index (κ1) is 23.0. The Morgan fingerprint density at radius 1 is 1.19 bits per heavy atom. The number of nitrogens with zero attached hydrogens (tertiary/aromatic N) is 2. The van der Waals surface area contributed by atoms with Crippen molar-refractivity contribution in [1.29, 1.82) is 0 Å². The molecule has 1 fully saturated rings. The fourth-order valence-electron chi connectivity index (χ4n) is 4.39. The van der Waals surface area contributed by atoms with Crippen LogP contribution >= 0.6 is 0 Å². The monoisotopic (exact) mass is 423 g/mol. The molecule has 0 aliphatic carbocycles. The number of hydrogen-bond donors (Lipinski definition) is 1. The van der Waals surface area contributed by atoms with Crippen molar-refractivity contribution in [2.24, 2.45) is 5.92 Å². The largest absolute Gasteiger partial charge is 0.465 e. The first-order chi connectivity index (χ1) is 14.9. The zero-order valence-electron chi connectivity index (χ0n) is 18.9. The van der Waals surface area contributed by atoms with Gasteiger partial charge in [0.05, 0.1) is 19.2 Å². The van der Waals surface area contributed by atoms with Gasteiger partial charge >= 0.3 is 5.97 Å². The van der Waals surface area contributed by atoms with E-state index in [9.17, 15) is 9.59 Å². The summed E-state index contributed by atoms with van der Waals surface area (Å²) in [5.74, 6) is -0.0186. The van der Waals surface area contributed by atoms with Crippen LogP contribution < -0.4 is 5.32 Å². The molecule has 31 heavy (non-hydrogen) atoms. The summed E-state index contributed by atoms with van der Waals surface area (Å²) >= 11 is 0. The number of aryl methyl sites for hydroxylation is 1. The highest BCUT2D eigenvalue weighted by Crippen LogP contribution is 2.23. The van der Waals surface area contributed by atoms with Crippen molar-refractivity contribution in [2.45, 2.75) is 32.9 Å². The zero-order valence-corrected chi connectivity index (χ0v) is 18.9. The molecule has 0 bridgehead atoms. The van der Waals surface area contributed by atoms with Gasteiger partial charge in [-0.15, -0.1) is 0 Å². The zero-order chi connectivity index (χ0) is 22.4. The summed E-state index contributed by atoms with van der Waals surface area (Å²) in [5, 5.41) is 2.96. The van der Waals surface area contributed by atoms with Crippen molar-refractivity contribution in [3.8, 4) is 0 Å². The van der Waals surface area contributed by atoms with Crippen molar-refractivity contribution in [3.63, 3.8) is 0 Å². The molecule has 3 rings (SSSR count). The summed E-state index contributed by atoms with van der Waals surface area (Å²) in [7, 11) is 3.37. The number of likely N-dealkylation sites (N-methyl/N-ethyl adjacent to an activating group) is 1. The van der Waals surface area contributed by atoms with Crippen molar-refractivity contribution in [3.05, 3.63) is 65.2 Å². The van der Waals surface area contributed by atoms with Gasteiger partial charge in [-0.1, -0.05) is 43.3 Å². The summed E-state index contributed by atoms with van der Waals surface area (Å²) in [6.07, 6.45) is 1.04. The minimum absolute atomic E-state index is 0.0773. The molecule has 166 valence electrons. The van der Waals surface area contributed by atoms with E-state index in [0.29, 0.717) is 29.8 Å². The van der Waals surface area contributed by atoms with Crippen LogP contribution in [0, 0.1) is 12.8 Å². The average molecular weight is 424 g/mol. The van der Waals surface area contributed by atoms with Crippen molar-refractivity contribution in [1.82, 2.24) is 9.80 Å². The molecule has 1 heterocycles. The van der Waals surface area contributed by atoms with Gasteiger partial charge in [-0.05, 0) is 56.1 Å². The molecule has 2 atom stereocenters. The number of benzene rings is 2. The number of piperidine rings is 1. The minimum atomic E-state index is -0.413. The third kappa shape index (κ3) is 6.15. The van der Waals surface area contributed by atoms with E-state index in [1.165, 1.54) is 12.7 Å². The molecule has 0 aromatic heterocycles. The summed E-state index contributed by atoms with van der Waals surface area (Å²) < 4.78 is 4.77. The molecular weight excluding hydrogens is 390 g/mol. The van der Waals surface area contributed by atoms with Crippen LogP contribution in [0.25, 0.3) is 0 Å². The molecule has 2 aromatic rings.